The number of aliphatic hydroxyl groups is 1. The number of benzene rings is 1. The van der Waals surface area contributed by atoms with E-state index < -0.39 is 0 Å². The van der Waals surface area contributed by atoms with E-state index in [2.05, 4.69) is 22.2 Å². The molecule has 6 nitrogen and oxygen atoms in total. The third-order valence-corrected chi connectivity index (χ3v) is 6.13. The molecule has 1 aromatic carbocycles. The van der Waals surface area contributed by atoms with Gasteiger partial charge < -0.3 is 9.84 Å². The predicted octanol–water partition coefficient (Wildman–Crippen LogP) is 4.47. The van der Waals surface area contributed by atoms with Crippen LogP contribution < -0.4 is 4.74 Å². The quantitative estimate of drug-likeness (QED) is 0.421. The maximum Gasteiger partial charge on any atom is 0.216 e. The molecule has 0 saturated heterocycles. The minimum Gasteiger partial charge on any atom is -0.481 e. The molecule has 0 amide bonds. The summed E-state index contributed by atoms with van der Waals surface area (Å²) in [7, 11) is 1.58. The first-order valence-corrected chi connectivity index (χ1v) is 11.1. The summed E-state index contributed by atoms with van der Waals surface area (Å²) in [4.78, 5) is 17.3. The average molecular weight is 432 g/mol. The van der Waals surface area contributed by atoms with Gasteiger partial charge in [0.15, 0.2) is 5.78 Å². The van der Waals surface area contributed by atoms with Crippen molar-refractivity contribution >= 4 is 5.78 Å². The number of rotatable bonds is 8. The normalized spacial score (nSPS) is 18.3. The Morgan fingerprint density at radius 2 is 2.09 bits per heavy atom. The van der Waals surface area contributed by atoms with Gasteiger partial charge in [-0.25, -0.2) is 9.67 Å². The highest BCUT2D eigenvalue weighted by molar-refractivity contribution is 5.95. The number of allylic oxidation sites excluding steroid dienone is 1. The summed E-state index contributed by atoms with van der Waals surface area (Å²) in [6, 6.07) is 12.0. The first-order valence-electron chi connectivity index (χ1n) is 11.1. The van der Waals surface area contributed by atoms with Gasteiger partial charge in [0.2, 0.25) is 5.88 Å². The molecule has 1 saturated carbocycles. The minimum atomic E-state index is -0.287. The molecule has 3 aromatic rings. The molecule has 0 unspecified atom stereocenters. The molecule has 166 valence electrons. The summed E-state index contributed by atoms with van der Waals surface area (Å²) < 4.78 is 7.27. The second-order valence-corrected chi connectivity index (χ2v) is 8.31. The van der Waals surface area contributed by atoms with Crippen LogP contribution in [0.25, 0.3) is 5.69 Å². The molecule has 4 rings (SSSR count). The third-order valence-electron chi connectivity index (χ3n) is 6.13. The van der Waals surface area contributed by atoms with Crippen LogP contribution in [0.2, 0.25) is 0 Å². The molecule has 1 fully saturated rings. The first kappa shape index (κ1) is 22.0. The van der Waals surface area contributed by atoms with Gasteiger partial charge in [0.1, 0.15) is 5.69 Å². The highest BCUT2D eigenvalue weighted by Crippen LogP contribution is 2.27. The molecule has 1 N–H and O–H groups in total. The maximum absolute atomic E-state index is 12.8. The van der Waals surface area contributed by atoms with Crippen LogP contribution >= 0.6 is 0 Å². The molecule has 1 aliphatic carbocycles. The first-order chi connectivity index (χ1) is 15.5. The van der Waals surface area contributed by atoms with E-state index in [4.69, 9.17) is 4.74 Å². The zero-order valence-electron chi connectivity index (χ0n) is 18.6. The van der Waals surface area contributed by atoms with E-state index in [0.717, 1.165) is 41.6 Å². The smallest absolute Gasteiger partial charge is 0.216 e. The van der Waals surface area contributed by atoms with E-state index >= 15 is 0 Å². The second-order valence-electron chi connectivity index (χ2n) is 8.31. The van der Waals surface area contributed by atoms with Gasteiger partial charge in [0.05, 0.1) is 18.9 Å². The van der Waals surface area contributed by atoms with E-state index in [-0.39, 0.29) is 24.2 Å². The van der Waals surface area contributed by atoms with Gasteiger partial charge in [-0.1, -0.05) is 30.7 Å². The molecule has 2 aromatic heterocycles. The van der Waals surface area contributed by atoms with Gasteiger partial charge in [-0.3, -0.25) is 4.79 Å². The summed E-state index contributed by atoms with van der Waals surface area (Å²) in [5.41, 5.74) is 4.49. The zero-order valence-corrected chi connectivity index (χ0v) is 18.6. The van der Waals surface area contributed by atoms with E-state index in [1.165, 1.54) is 0 Å². The van der Waals surface area contributed by atoms with Crippen molar-refractivity contribution in [1.29, 1.82) is 0 Å². The van der Waals surface area contributed by atoms with E-state index in [9.17, 15) is 9.90 Å². The van der Waals surface area contributed by atoms with Crippen LogP contribution in [-0.2, 0) is 6.42 Å². The van der Waals surface area contributed by atoms with Crippen molar-refractivity contribution in [2.24, 2.45) is 5.92 Å². The van der Waals surface area contributed by atoms with Crippen LogP contribution in [0.15, 0.2) is 60.9 Å². The number of aromatic nitrogens is 3. The number of nitrogens with zero attached hydrogens (tertiary/aromatic N) is 3. The Kier molecular flexibility index (Phi) is 6.81. The van der Waals surface area contributed by atoms with E-state index in [1.807, 2.05) is 54.2 Å². The molecule has 2 heterocycles. The molecule has 0 spiro atoms. The van der Waals surface area contributed by atoms with Gasteiger partial charge in [-0.2, -0.15) is 5.10 Å². The molecule has 6 heteroatoms. The van der Waals surface area contributed by atoms with Gasteiger partial charge in [0.25, 0.3) is 0 Å². The van der Waals surface area contributed by atoms with Crippen LogP contribution in [0.4, 0.5) is 0 Å². The van der Waals surface area contributed by atoms with Crippen LogP contribution in [0.1, 0.15) is 52.9 Å². The fourth-order valence-corrected chi connectivity index (χ4v) is 4.22. The number of carbonyl (C=O) groups excluding carboxylic acids is 1. The number of aliphatic hydroxyl groups excluding tert-OH is 1. The average Bonchev–Trinajstić information content (AvgIpc) is 3.48. The highest BCUT2D eigenvalue weighted by atomic mass is 16.5. The molecular weight excluding hydrogens is 402 g/mol. The predicted molar refractivity (Wildman–Crippen MR) is 123 cm³/mol. The van der Waals surface area contributed by atoms with Gasteiger partial charge in [-0.15, -0.1) is 0 Å². The zero-order chi connectivity index (χ0) is 22.5. The molecule has 2 atom stereocenters. The van der Waals surface area contributed by atoms with Gasteiger partial charge in [0, 0.05) is 30.3 Å². The SMILES string of the molecule is COc1nc(C(=O)C/C=C/[C@H]2CCC[C@@H]2O)cc(Cc2ccc(-n3cccn3)cc2)c1C. The molecular formula is C26H29N3O3. The van der Waals surface area contributed by atoms with Crippen LogP contribution in [-0.4, -0.2) is 38.9 Å². The lowest BCUT2D eigenvalue weighted by Gasteiger charge is -2.13. The Bertz CT molecular complexity index is 1090. The number of ether oxygens (including phenoxy) is 1. The van der Waals surface area contributed by atoms with Crippen LogP contribution in [0.3, 0.4) is 0 Å². The Balaban J connectivity index is 1.50. The summed E-state index contributed by atoms with van der Waals surface area (Å²) in [6.07, 6.45) is 11.0. The summed E-state index contributed by atoms with van der Waals surface area (Å²) >= 11 is 0. The van der Waals surface area contributed by atoms with Crippen LogP contribution in [0.5, 0.6) is 5.88 Å². The minimum absolute atomic E-state index is 0.0534. The standard InChI is InChI=1S/C26H29N3O3/c1-18-21(16-19-10-12-22(13-11-19)29-15-5-14-27-29)17-23(28-26(18)32-2)25(31)9-4-7-20-6-3-8-24(20)30/h4-5,7,10-15,17,20,24,30H,3,6,8-9,16H2,1-2H3/b7-4+/t20-,24+/m1/s1. The van der Waals surface area contributed by atoms with Crippen molar-refractivity contribution in [2.75, 3.05) is 7.11 Å². The van der Waals surface area contributed by atoms with Crippen molar-refractivity contribution in [3.63, 3.8) is 0 Å². The number of Topliss-reactive ketones (excluding diaryl/α,β-unsaturated/α-hetero) is 1. The maximum atomic E-state index is 12.8. The number of hydrogen-bond acceptors (Lipinski definition) is 5. The van der Waals surface area contributed by atoms with E-state index in [0.29, 0.717) is 18.0 Å². The fraction of sp³-hybridized carbons (Fsp3) is 0.346. The number of pyridine rings is 1. The Hall–Kier alpha value is -3.25. The highest BCUT2D eigenvalue weighted by Gasteiger charge is 2.22. The monoisotopic (exact) mass is 431 g/mol. The van der Waals surface area contributed by atoms with Gasteiger partial charge in [-0.05, 0) is 61.6 Å². The lowest BCUT2D eigenvalue weighted by Crippen LogP contribution is -2.10. The topological polar surface area (TPSA) is 77.2 Å². The molecule has 0 bridgehead atoms. The summed E-state index contributed by atoms with van der Waals surface area (Å²) in [5, 5.41) is 14.2. The lowest BCUT2D eigenvalue weighted by atomic mass is 9.99. The molecule has 1 aliphatic rings. The number of carbonyl (C=O) groups is 1. The number of hydrogen-bond donors (Lipinski definition) is 1. The van der Waals surface area contributed by atoms with Crippen molar-refractivity contribution in [3.8, 4) is 11.6 Å². The third kappa shape index (κ3) is 4.97. The Morgan fingerprint density at radius 1 is 1.28 bits per heavy atom. The summed E-state index contributed by atoms with van der Waals surface area (Å²) in [6.45, 7) is 1.97. The lowest BCUT2D eigenvalue weighted by molar-refractivity contribution is 0.0989. The summed E-state index contributed by atoms with van der Waals surface area (Å²) in [5.74, 6) is 0.583. The second kappa shape index (κ2) is 9.92. The van der Waals surface area contributed by atoms with E-state index in [1.54, 1.807) is 13.3 Å². The fourth-order valence-electron chi connectivity index (χ4n) is 4.22. The molecule has 0 radical (unpaired) electrons. The molecule has 0 aliphatic heterocycles. The van der Waals surface area contributed by atoms with Crippen molar-refractivity contribution < 1.29 is 14.6 Å². The van der Waals surface area contributed by atoms with Gasteiger partial charge >= 0.3 is 0 Å². The van der Waals surface area contributed by atoms with Crippen molar-refractivity contribution in [1.82, 2.24) is 14.8 Å². The number of ketones is 1. The Labute approximate surface area is 188 Å². The largest absolute Gasteiger partial charge is 0.481 e. The number of methoxy groups -OCH3 is 1. The van der Waals surface area contributed by atoms with Crippen molar-refractivity contribution in [3.05, 3.63) is 83.3 Å². The van der Waals surface area contributed by atoms with Crippen molar-refractivity contribution in [2.45, 2.75) is 45.1 Å². The Morgan fingerprint density at radius 3 is 2.75 bits per heavy atom. The molecule has 32 heavy (non-hydrogen) atoms. The van der Waals surface area contributed by atoms with Crippen LogP contribution in [0, 0.1) is 12.8 Å².